The number of halogens is 2. The molecule has 0 aliphatic heterocycles. The molecular weight excluding hydrogens is 501 g/mol. The number of benzene rings is 1. The van der Waals surface area contributed by atoms with Crippen molar-refractivity contribution in [1.82, 2.24) is 28.6 Å². The average Bonchev–Trinajstić information content (AvgIpc) is 3.39. The number of hydrogen-bond acceptors (Lipinski definition) is 7. The number of imidazole rings is 1. The Kier molecular flexibility index (Phi) is 7.51. The van der Waals surface area contributed by atoms with Gasteiger partial charge in [-0.25, -0.2) is 14.8 Å². The normalized spacial score (nSPS) is 11.4. The fourth-order valence-corrected chi connectivity index (χ4v) is 4.94. The number of anilines is 1. The van der Waals surface area contributed by atoms with E-state index in [1.165, 1.54) is 33.8 Å². The van der Waals surface area contributed by atoms with Crippen LogP contribution in [0.25, 0.3) is 21.4 Å². The summed E-state index contributed by atoms with van der Waals surface area (Å²) < 4.78 is 4.60. The molecule has 0 aliphatic carbocycles. The van der Waals surface area contributed by atoms with Gasteiger partial charge in [-0.15, -0.1) is 12.4 Å². The lowest BCUT2D eigenvalue weighted by Crippen LogP contribution is -2.40. The van der Waals surface area contributed by atoms with Gasteiger partial charge in [0.25, 0.3) is 5.56 Å². The Morgan fingerprint density at radius 1 is 1.15 bits per heavy atom. The Hall–Kier alpha value is -2.73. The fourth-order valence-electron chi connectivity index (χ4n) is 3.58. The molecule has 0 N–H and O–H groups in total. The van der Waals surface area contributed by atoms with Crippen molar-refractivity contribution in [2.75, 3.05) is 32.1 Å². The Morgan fingerprint density at radius 3 is 2.50 bits per heavy atom. The van der Waals surface area contributed by atoms with Gasteiger partial charge in [-0.2, -0.15) is 0 Å². The molecule has 4 rings (SSSR count). The van der Waals surface area contributed by atoms with Gasteiger partial charge in [-0.1, -0.05) is 29.0 Å². The second kappa shape index (κ2) is 9.87. The SMILES string of the molecule is Cc1ccc(Cl)c2sc(N(CCN(C)C)C(=O)Cn3cnc4c3c(=O)n(C)c(=O)n4C)nc12.Cl. The molecule has 13 heteroatoms. The van der Waals surface area contributed by atoms with E-state index in [1.54, 1.807) is 11.9 Å². The first-order valence-electron chi connectivity index (χ1n) is 10.2. The molecule has 3 heterocycles. The quantitative estimate of drug-likeness (QED) is 0.382. The molecule has 0 bridgehead atoms. The number of aryl methyl sites for hydroxylation is 2. The first-order chi connectivity index (χ1) is 15.6. The minimum Gasteiger partial charge on any atom is -0.315 e. The molecule has 3 aromatic heterocycles. The van der Waals surface area contributed by atoms with E-state index in [0.29, 0.717) is 23.2 Å². The van der Waals surface area contributed by atoms with Crippen molar-refractivity contribution < 1.29 is 4.79 Å². The van der Waals surface area contributed by atoms with Crippen molar-refractivity contribution in [3.63, 3.8) is 0 Å². The van der Waals surface area contributed by atoms with E-state index in [4.69, 9.17) is 16.6 Å². The van der Waals surface area contributed by atoms with Crippen LogP contribution in [0.15, 0.2) is 28.0 Å². The minimum atomic E-state index is -0.499. The molecule has 0 aliphatic rings. The number of carbonyl (C=O) groups excluding carboxylic acids is 1. The van der Waals surface area contributed by atoms with E-state index >= 15 is 0 Å². The summed E-state index contributed by atoms with van der Waals surface area (Å²) in [5, 5.41) is 1.13. The molecule has 182 valence electrons. The van der Waals surface area contributed by atoms with Crippen molar-refractivity contribution in [3.8, 4) is 0 Å². The molecule has 4 aromatic rings. The van der Waals surface area contributed by atoms with Crippen molar-refractivity contribution >= 4 is 67.8 Å². The molecule has 0 radical (unpaired) electrons. The standard InChI is InChI=1S/C21H24ClN7O3S.ClH/c1-12-6-7-13(22)17-15(12)24-20(33-17)29(9-8-25(2)3)14(30)10-28-11-23-18-16(28)19(31)27(5)21(32)26(18)4;/h6-7,11H,8-10H2,1-5H3;1H. The van der Waals surface area contributed by atoms with Crippen LogP contribution in [0.5, 0.6) is 0 Å². The predicted octanol–water partition coefficient (Wildman–Crippen LogP) is 2.02. The Balaban J connectivity index is 0.00000324. The molecule has 0 fully saturated rings. The zero-order valence-electron chi connectivity index (χ0n) is 19.4. The highest BCUT2D eigenvalue weighted by atomic mass is 35.5. The number of fused-ring (bicyclic) bond motifs is 2. The highest BCUT2D eigenvalue weighted by Crippen LogP contribution is 2.35. The van der Waals surface area contributed by atoms with Crippen LogP contribution < -0.4 is 16.1 Å². The smallest absolute Gasteiger partial charge is 0.315 e. The van der Waals surface area contributed by atoms with Crippen molar-refractivity contribution in [2.24, 2.45) is 14.1 Å². The third kappa shape index (κ3) is 4.48. The van der Waals surface area contributed by atoms with Crippen LogP contribution in [0.1, 0.15) is 5.56 Å². The molecule has 1 aromatic carbocycles. The number of rotatable bonds is 6. The molecular formula is C21H25Cl2N7O3S. The van der Waals surface area contributed by atoms with E-state index in [9.17, 15) is 14.4 Å². The summed E-state index contributed by atoms with van der Waals surface area (Å²) >= 11 is 7.74. The number of aromatic nitrogens is 5. The Labute approximate surface area is 210 Å². The van der Waals surface area contributed by atoms with Crippen LogP contribution in [0.3, 0.4) is 0 Å². The lowest BCUT2D eigenvalue weighted by molar-refractivity contribution is -0.119. The van der Waals surface area contributed by atoms with Crippen LogP contribution in [0.2, 0.25) is 5.02 Å². The number of likely N-dealkylation sites (N-methyl/N-ethyl adjacent to an activating group) is 1. The summed E-state index contributed by atoms with van der Waals surface area (Å²) in [6, 6.07) is 3.72. The maximum Gasteiger partial charge on any atom is 0.332 e. The highest BCUT2D eigenvalue weighted by Gasteiger charge is 2.23. The van der Waals surface area contributed by atoms with E-state index in [-0.39, 0.29) is 36.0 Å². The molecule has 0 unspecified atom stereocenters. The van der Waals surface area contributed by atoms with Crippen LogP contribution in [-0.4, -0.2) is 61.7 Å². The van der Waals surface area contributed by atoms with Gasteiger partial charge in [0, 0.05) is 27.2 Å². The van der Waals surface area contributed by atoms with Crippen molar-refractivity contribution in [3.05, 3.63) is 49.9 Å². The van der Waals surface area contributed by atoms with Gasteiger partial charge in [-0.05, 0) is 32.6 Å². The number of thiazole rings is 1. The summed E-state index contributed by atoms with van der Waals surface area (Å²) in [6.07, 6.45) is 1.41. The molecule has 0 saturated carbocycles. The predicted molar refractivity (Wildman–Crippen MR) is 138 cm³/mol. The van der Waals surface area contributed by atoms with Gasteiger partial charge in [0.2, 0.25) is 5.91 Å². The van der Waals surface area contributed by atoms with E-state index in [1.807, 2.05) is 38.1 Å². The molecule has 0 spiro atoms. The molecule has 0 atom stereocenters. The lowest BCUT2D eigenvalue weighted by Gasteiger charge is -2.22. The maximum absolute atomic E-state index is 13.5. The lowest BCUT2D eigenvalue weighted by atomic mass is 10.2. The summed E-state index contributed by atoms with van der Waals surface area (Å²) in [7, 11) is 6.80. The second-order valence-corrected chi connectivity index (χ2v) is 9.52. The third-order valence-corrected chi connectivity index (χ3v) is 7.05. The molecule has 1 amide bonds. The van der Waals surface area contributed by atoms with Crippen LogP contribution in [-0.2, 0) is 25.4 Å². The summed E-state index contributed by atoms with van der Waals surface area (Å²) in [5.74, 6) is -0.250. The largest absolute Gasteiger partial charge is 0.332 e. The first-order valence-corrected chi connectivity index (χ1v) is 11.4. The number of amides is 1. The maximum atomic E-state index is 13.5. The van der Waals surface area contributed by atoms with E-state index < -0.39 is 11.2 Å². The van der Waals surface area contributed by atoms with Gasteiger partial charge in [0.15, 0.2) is 16.3 Å². The topological polar surface area (TPSA) is 98.3 Å². The molecule has 10 nitrogen and oxygen atoms in total. The summed E-state index contributed by atoms with van der Waals surface area (Å²) in [5.41, 5.74) is 1.20. The first kappa shape index (κ1) is 25.9. The van der Waals surface area contributed by atoms with Crippen molar-refractivity contribution in [2.45, 2.75) is 13.5 Å². The van der Waals surface area contributed by atoms with Crippen molar-refractivity contribution in [1.29, 1.82) is 0 Å². The average molecular weight is 526 g/mol. The molecule has 0 saturated heterocycles. The number of carbonyl (C=O) groups is 1. The van der Waals surface area contributed by atoms with Crippen LogP contribution in [0.4, 0.5) is 5.13 Å². The number of hydrogen-bond donors (Lipinski definition) is 0. The van der Waals surface area contributed by atoms with Gasteiger partial charge in [-0.3, -0.25) is 23.6 Å². The minimum absolute atomic E-state index is 0. The zero-order valence-corrected chi connectivity index (χ0v) is 21.8. The number of nitrogens with zero attached hydrogens (tertiary/aromatic N) is 7. The zero-order chi connectivity index (χ0) is 24.0. The van der Waals surface area contributed by atoms with Gasteiger partial charge in [0.05, 0.1) is 21.6 Å². The van der Waals surface area contributed by atoms with Gasteiger partial charge >= 0.3 is 5.69 Å². The molecule has 34 heavy (non-hydrogen) atoms. The van der Waals surface area contributed by atoms with E-state index in [2.05, 4.69) is 4.98 Å². The van der Waals surface area contributed by atoms with Crippen LogP contribution in [0, 0.1) is 6.92 Å². The Morgan fingerprint density at radius 2 is 1.85 bits per heavy atom. The van der Waals surface area contributed by atoms with Gasteiger partial charge in [0.1, 0.15) is 6.54 Å². The Bertz CT molecular complexity index is 1460. The third-order valence-electron chi connectivity index (χ3n) is 5.51. The fraction of sp³-hybridized carbons (Fsp3) is 0.381. The van der Waals surface area contributed by atoms with Crippen LogP contribution >= 0.6 is 35.3 Å². The highest BCUT2D eigenvalue weighted by molar-refractivity contribution is 7.23. The summed E-state index contributed by atoms with van der Waals surface area (Å²) in [6.45, 7) is 2.85. The monoisotopic (exact) mass is 525 g/mol. The second-order valence-electron chi connectivity index (χ2n) is 8.14. The van der Waals surface area contributed by atoms with Gasteiger partial charge < -0.3 is 9.47 Å². The summed E-state index contributed by atoms with van der Waals surface area (Å²) in [4.78, 5) is 50.9. The van der Waals surface area contributed by atoms with E-state index in [0.717, 1.165) is 20.3 Å².